The molecule has 7 nitrogen and oxygen atoms in total. The van der Waals surface area contributed by atoms with Crippen LogP contribution in [-0.2, 0) is 20.7 Å². The Morgan fingerprint density at radius 2 is 1.92 bits per heavy atom. The number of para-hydroxylation sites is 1. The summed E-state index contributed by atoms with van der Waals surface area (Å²) in [7, 11) is 1.92. The van der Waals surface area contributed by atoms with E-state index in [4.69, 9.17) is 9.15 Å². The number of ether oxygens (including phenoxy) is 1. The maximum absolute atomic E-state index is 12.7. The highest BCUT2D eigenvalue weighted by Gasteiger charge is 2.20. The van der Waals surface area contributed by atoms with Crippen LogP contribution >= 0.6 is 0 Å². The maximum atomic E-state index is 12.7. The van der Waals surface area contributed by atoms with Crippen molar-refractivity contribution < 1.29 is 18.7 Å². The molecular weight excluding hydrogens is 454 g/mol. The number of cyclic esters (lactones) is 1. The molecule has 1 aliphatic rings. The monoisotopic (exact) mass is 483 g/mol. The number of nitrogens with one attached hydrogen (secondary N) is 1. The Labute approximate surface area is 210 Å². The molecule has 0 radical (unpaired) electrons. The van der Waals surface area contributed by atoms with Crippen LogP contribution in [0.1, 0.15) is 41.9 Å². The molecule has 0 spiro atoms. The van der Waals surface area contributed by atoms with Gasteiger partial charge in [0.1, 0.15) is 5.52 Å². The number of anilines is 3. The Bertz CT molecular complexity index is 1390. The van der Waals surface area contributed by atoms with Gasteiger partial charge in [0.05, 0.1) is 19.4 Å². The summed E-state index contributed by atoms with van der Waals surface area (Å²) in [6.45, 7) is 2.54. The van der Waals surface area contributed by atoms with Gasteiger partial charge in [-0.3, -0.25) is 14.5 Å². The number of carbonyl (C=O) groups excluding carboxylic acids is 2. The number of nitrogens with zero attached hydrogens (tertiary/aromatic N) is 2. The minimum atomic E-state index is -0.146. The zero-order chi connectivity index (χ0) is 25.1. The second kappa shape index (κ2) is 10.2. The van der Waals surface area contributed by atoms with Crippen LogP contribution in [0, 0.1) is 6.92 Å². The summed E-state index contributed by atoms with van der Waals surface area (Å²) >= 11 is 0. The predicted octanol–water partition coefficient (Wildman–Crippen LogP) is 5.90. The van der Waals surface area contributed by atoms with E-state index >= 15 is 0 Å². The minimum absolute atomic E-state index is 0.114. The number of hydrogen-bond donors (Lipinski definition) is 1. The summed E-state index contributed by atoms with van der Waals surface area (Å²) in [6.07, 6.45) is 2.41. The van der Waals surface area contributed by atoms with E-state index in [1.54, 1.807) is 0 Å². The SMILES string of the molecule is Cc1ccccc1N(C)c1nc2ccc(CC(=O)Nc3ccc(C4CCCOC(=O)C4)cc3)cc2o1. The average molecular weight is 484 g/mol. The van der Waals surface area contributed by atoms with Crippen molar-refractivity contribution in [1.29, 1.82) is 0 Å². The highest BCUT2D eigenvalue weighted by molar-refractivity contribution is 5.92. The van der Waals surface area contributed by atoms with Gasteiger partial charge < -0.3 is 14.5 Å². The van der Waals surface area contributed by atoms with E-state index in [2.05, 4.69) is 10.3 Å². The van der Waals surface area contributed by atoms with Crippen LogP contribution in [0.2, 0.25) is 0 Å². The first-order chi connectivity index (χ1) is 17.5. The third-order valence-electron chi connectivity index (χ3n) is 6.61. The van der Waals surface area contributed by atoms with Gasteiger partial charge in [-0.15, -0.1) is 0 Å². The summed E-state index contributed by atoms with van der Waals surface area (Å²) in [4.78, 5) is 31.0. The van der Waals surface area contributed by atoms with Crippen molar-refractivity contribution in [2.45, 2.75) is 38.5 Å². The van der Waals surface area contributed by atoms with E-state index in [9.17, 15) is 9.59 Å². The van der Waals surface area contributed by atoms with Crippen LogP contribution < -0.4 is 10.2 Å². The molecule has 2 heterocycles. The predicted molar refractivity (Wildman–Crippen MR) is 140 cm³/mol. The van der Waals surface area contributed by atoms with Gasteiger partial charge in [0.15, 0.2) is 5.58 Å². The molecule has 0 bridgehead atoms. The molecular formula is C29H29N3O4. The van der Waals surface area contributed by atoms with Crippen molar-refractivity contribution in [3.05, 3.63) is 83.4 Å². The van der Waals surface area contributed by atoms with Crippen molar-refractivity contribution >= 4 is 40.4 Å². The lowest BCUT2D eigenvalue weighted by molar-refractivity contribution is -0.142. The number of aryl methyl sites for hydroxylation is 1. The summed E-state index contributed by atoms with van der Waals surface area (Å²) in [6, 6.07) is 21.9. The second-order valence-corrected chi connectivity index (χ2v) is 9.25. The van der Waals surface area contributed by atoms with Gasteiger partial charge in [-0.25, -0.2) is 0 Å². The number of oxazole rings is 1. The van der Waals surface area contributed by atoms with Crippen molar-refractivity contribution in [2.24, 2.45) is 0 Å². The van der Waals surface area contributed by atoms with Crippen molar-refractivity contribution in [3.8, 4) is 0 Å². The zero-order valence-corrected chi connectivity index (χ0v) is 20.5. The van der Waals surface area contributed by atoms with Gasteiger partial charge in [-0.2, -0.15) is 4.98 Å². The van der Waals surface area contributed by atoms with Crippen LogP contribution in [0.3, 0.4) is 0 Å². The standard InChI is InChI=1S/C29H29N3O4/c1-19-6-3-4-8-25(19)32(2)29-31-24-14-9-20(16-26(24)36-29)17-27(33)30-23-12-10-21(11-13-23)22-7-5-15-35-28(34)18-22/h3-4,6,8-14,16,22H,5,7,15,17-18H2,1-2H3,(H,30,33). The summed E-state index contributed by atoms with van der Waals surface area (Å²) in [5.74, 6) is -0.0995. The number of aromatic nitrogens is 1. The first-order valence-electron chi connectivity index (χ1n) is 12.2. The smallest absolute Gasteiger partial charge is 0.306 e. The number of hydrogen-bond acceptors (Lipinski definition) is 6. The first kappa shape index (κ1) is 23.6. The Morgan fingerprint density at radius 1 is 1.11 bits per heavy atom. The Kier molecular flexibility index (Phi) is 6.71. The first-order valence-corrected chi connectivity index (χ1v) is 12.2. The van der Waals surface area contributed by atoms with Crippen molar-refractivity contribution in [3.63, 3.8) is 0 Å². The molecule has 1 atom stereocenters. The fourth-order valence-corrected chi connectivity index (χ4v) is 4.64. The maximum Gasteiger partial charge on any atom is 0.306 e. The van der Waals surface area contributed by atoms with E-state index < -0.39 is 0 Å². The zero-order valence-electron chi connectivity index (χ0n) is 20.5. The fraction of sp³-hybridized carbons (Fsp3) is 0.276. The quantitative estimate of drug-likeness (QED) is 0.344. The summed E-state index contributed by atoms with van der Waals surface area (Å²) < 4.78 is 11.2. The number of fused-ring (bicyclic) bond motifs is 1. The van der Waals surface area contributed by atoms with Crippen LogP contribution in [0.5, 0.6) is 0 Å². The molecule has 1 fully saturated rings. The van der Waals surface area contributed by atoms with Gasteiger partial charge in [0, 0.05) is 18.4 Å². The van der Waals surface area contributed by atoms with Crippen molar-refractivity contribution in [1.82, 2.24) is 4.98 Å². The summed E-state index contributed by atoms with van der Waals surface area (Å²) in [5, 5.41) is 2.96. The van der Waals surface area contributed by atoms with Gasteiger partial charge in [-0.1, -0.05) is 36.4 Å². The highest BCUT2D eigenvalue weighted by Crippen LogP contribution is 2.30. The molecule has 1 unspecified atom stereocenters. The molecule has 5 rings (SSSR count). The molecule has 4 aromatic rings. The van der Waals surface area contributed by atoms with Gasteiger partial charge in [0.2, 0.25) is 5.91 Å². The van der Waals surface area contributed by atoms with Crippen molar-refractivity contribution in [2.75, 3.05) is 23.9 Å². The van der Waals surface area contributed by atoms with E-state index in [-0.39, 0.29) is 24.2 Å². The molecule has 1 saturated heterocycles. The number of amides is 1. The highest BCUT2D eigenvalue weighted by atomic mass is 16.5. The largest absolute Gasteiger partial charge is 0.466 e. The number of carbonyl (C=O) groups is 2. The molecule has 3 aromatic carbocycles. The molecule has 0 aliphatic carbocycles. The minimum Gasteiger partial charge on any atom is -0.466 e. The number of rotatable bonds is 6. The Balaban J connectivity index is 1.24. The number of benzene rings is 3. The molecule has 1 amide bonds. The second-order valence-electron chi connectivity index (χ2n) is 9.25. The lowest BCUT2D eigenvalue weighted by Crippen LogP contribution is -2.14. The Hall–Kier alpha value is -4.13. The average Bonchev–Trinajstić information content (AvgIpc) is 3.17. The van der Waals surface area contributed by atoms with Gasteiger partial charge in [0.25, 0.3) is 0 Å². The summed E-state index contributed by atoms with van der Waals surface area (Å²) in [5.41, 5.74) is 6.19. The van der Waals surface area contributed by atoms with Crippen LogP contribution in [0.15, 0.2) is 71.1 Å². The van der Waals surface area contributed by atoms with E-state index in [0.717, 1.165) is 46.4 Å². The van der Waals surface area contributed by atoms with Crippen LogP contribution in [-0.4, -0.2) is 30.5 Å². The van der Waals surface area contributed by atoms with E-state index in [0.29, 0.717) is 24.6 Å². The van der Waals surface area contributed by atoms with Gasteiger partial charge >= 0.3 is 12.0 Å². The number of esters is 1. The molecule has 1 aliphatic heterocycles. The Morgan fingerprint density at radius 3 is 2.72 bits per heavy atom. The lowest BCUT2D eigenvalue weighted by Gasteiger charge is -2.16. The molecule has 184 valence electrons. The van der Waals surface area contributed by atoms with Crippen LogP contribution in [0.4, 0.5) is 17.4 Å². The fourth-order valence-electron chi connectivity index (χ4n) is 4.64. The molecule has 1 aromatic heterocycles. The molecule has 1 N–H and O–H groups in total. The van der Waals surface area contributed by atoms with Crippen LogP contribution in [0.25, 0.3) is 11.1 Å². The van der Waals surface area contributed by atoms with Gasteiger partial charge in [-0.05, 0) is 72.7 Å². The van der Waals surface area contributed by atoms with E-state index in [1.807, 2.05) is 85.6 Å². The third-order valence-corrected chi connectivity index (χ3v) is 6.61. The normalized spacial score (nSPS) is 15.8. The molecule has 36 heavy (non-hydrogen) atoms. The lowest BCUT2D eigenvalue weighted by atomic mass is 9.92. The molecule has 7 heteroatoms. The van der Waals surface area contributed by atoms with E-state index in [1.165, 1.54) is 0 Å². The topological polar surface area (TPSA) is 84.7 Å². The molecule has 0 saturated carbocycles. The third kappa shape index (κ3) is 5.25.